The summed E-state index contributed by atoms with van der Waals surface area (Å²) < 4.78 is 0. The molecule has 0 fully saturated rings. The van der Waals surface area contributed by atoms with Crippen LogP contribution >= 0.6 is 0 Å². The highest BCUT2D eigenvalue weighted by molar-refractivity contribution is 5.88. The van der Waals surface area contributed by atoms with Gasteiger partial charge in [0.15, 0.2) is 0 Å². The molecular formula is C31H38O8. The Kier molecular flexibility index (Phi) is 18.5. The van der Waals surface area contributed by atoms with Crippen molar-refractivity contribution in [3.05, 3.63) is 120 Å². The molecule has 39 heavy (non-hydrogen) atoms. The zero-order valence-electron chi connectivity index (χ0n) is 22.3. The van der Waals surface area contributed by atoms with Crippen LogP contribution in [0.5, 0.6) is 0 Å². The lowest BCUT2D eigenvalue weighted by molar-refractivity contribution is 0.0615. The molecule has 5 N–H and O–H groups in total. The Morgan fingerprint density at radius 1 is 0.692 bits per heavy atom. The van der Waals surface area contributed by atoms with Gasteiger partial charge in [-0.3, -0.25) is 0 Å². The van der Waals surface area contributed by atoms with Crippen LogP contribution in [0.4, 0.5) is 0 Å². The summed E-state index contributed by atoms with van der Waals surface area (Å²) >= 11 is 0. The van der Waals surface area contributed by atoms with Gasteiger partial charge in [-0.05, 0) is 56.2 Å². The summed E-state index contributed by atoms with van der Waals surface area (Å²) in [5.74, 6) is -2.51. The number of hydrogen-bond donors (Lipinski definition) is 5. The lowest BCUT2D eigenvalue weighted by atomic mass is 9.94. The van der Waals surface area contributed by atoms with Crippen molar-refractivity contribution < 1.29 is 39.9 Å². The topological polar surface area (TPSA) is 152 Å². The van der Waals surface area contributed by atoms with E-state index in [2.05, 4.69) is 13.5 Å². The van der Waals surface area contributed by atoms with Crippen LogP contribution in [0.15, 0.2) is 104 Å². The Morgan fingerprint density at radius 2 is 1.00 bits per heavy atom. The van der Waals surface area contributed by atoms with Crippen LogP contribution < -0.4 is 0 Å². The fourth-order valence-electron chi connectivity index (χ4n) is 3.07. The molecule has 0 radical (unpaired) electrons. The van der Waals surface area contributed by atoms with Gasteiger partial charge in [-0.25, -0.2) is 14.4 Å². The number of aliphatic hydroxyl groups is 2. The molecule has 210 valence electrons. The molecule has 0 aliphatic rings. The van der Waals surface area contributed by atoms with Crippen molar-refractivity contribution in [1.82, 2.24) is 0 Å². The van der Waals surface area contributed by atoms with Gasteiger partial charge in [0.25, 0.3) is 0 Å². The van der Waals surface area contributed by atoms with E-state index < -0.39 is 30.1 Å². The van der Waals surface area contributed by atoms with Gasteiger partial charge in [-0.1, -0.05) is 74.0 Å². The Morgan fingerprint density at radius 3 is 1.18 bits per heavy atom. The van der Waals surface area contributed by atoms with E-state index in [-0.39, 0.29) is 5.92 Å². The Hall–Kier alpha value is -4.27. The molecule has 0 aliphatic heterocycles. The summed E-state index contributed by atoms with van der Waals surface area (Å²) in [4.78, 5) is 30.6. The molecule has 8 nitrogen and oxygen atoms in total. The molecule has 3 atom stereocenters. The van der Waals surface area contributed by atoms with Crippen LogP contribution in [-0.4, -0.2) is 55.6 Å². The molecule has 0 saturated carbocycles. The van der Waals surface area contributed by atoms with E-state index in [1.54, 1.807) is 104 Å². The second kappa shape index (κ2) is 20.7. The van der Waals surface area contributed by atoms with E-state index >= 15 is 0 Å². The third-order valence-corrected chi connectivity index (χ3v) is 5.06. The molecule has 0 bridgehead atoms. The van der Waals surface area contributed by atoms with E-state index in [0.29, 0.717) is 23.1 Å². The molecule has 0 spiro atoms. The number of aromatic carboxylic acids is 3. The van der Waals surface area contributed by atoms with Crippen LogP contribution in [0.2, 0.25) is 0 Å². The maximum absolute atomic E-state index is 10.2. The SMILES string of the molecule is C=CC(CCC)C(O)CC(C)O.O=C(O)c1ccccc1.O=C(O)c1ccccc1.O=C(O)c1ccccc1. The summed E-state index contributed by atoms with van der Waals surface area (Å²) in [6.45, 7) is 7.43. The second-order valence-electron chi connectivity index (χ2n) is 8.35. The Bertz CT molecular complexity index is 966. The van der Waals surface area contributed by atoms with Gasteiger partial charge in [-0.2, -0.15) is 0 Å². The first-order valence-electron chi connectivity index (χ1n) is 12.4. The number of carboxylic acids is 3. The molecule has 8 heteroatoms. The zero-order chi connectivity index (χ0) is 29.6. The number of benzene rings is 3. The predicted octanol–water partition coefficient (Wildman–Crippen LogP) is 5.87. The van der Waals surface area contributed by atoms with Crippen molar-refractivity contribution in [2.24, 2.45) is 5.92 Å². The van der Waals surface area contributed by atoms with Crippen LogP contribution in [0.25, 0.3) is 0 Å². The summed E-state index contributed by atoms with van der Waals surface area (Å²) in [6, 6.07) is 24.9. The van der Waals surface area contributed by atoms with E-state index in [1.165, 1.54) is 0 Å². The minimum atomic E-state index is -0.879. The first kappa shape index (κ1) is 34.7. The maximum atomic E-state index is 10.2. The second-order valence-corrected chi connectivity index (χ2v) is 8.35. The molecule has 0 aromatic heterocycles. The molecular weight excluding hydrogens is 500 g/mol. The van der Waals surface area contributed by atoms with Crippen molar-refractivity contribution in [2.45, 2.75) is 45.3 Å². The molecule has 3 aromatic carbocycles. The van der Waals surface area contributed by atoms with Gasteiger partial charge in [0, 0.05) is 5.92 Å². The minimum Gasteiger partial charge on any atom is -0.478 e. The summed E-state index contributed by atoms with van der Waals surface area (Å²) in [7, 11) is 0. The van der Waals surface area contributed by atoms with Gasteiger partial charge < -0.3 is 25.5 Å². The Balaban J connectivity index is 0.000000497. The summed E-state index contributed by atoms with van der Waals surface area (Å²) in [6.07, 6.45) is 3.32. The van der Waals surface area contributed by atoms with Gasteiger partial charge in [0.2, 0.25) is 0 Å². The smallest absolute Gasteiger partial charge is 0.335 e. The first-order valence-corrected chi connectivity index (χ1v) is 12.4. The standard InChI is InChI=1S/C10H20O2.3C7H6O2/c1-4-6-9(5-2)10(12)7-8(3)11;3*8-7(9)6-4-2-1-3-5-6/h5,8-12H,2,4,6-7H2,1,3H3;3*1-5H,(H,8,9). The monoisotopic (exact) mass is 538 g/mol. The average molecular weight is 539 g/mol. The van der Waals surface area contributed by atoms with Gasteiger partial charge in [0.05, 0.1) is 28.9 Å². The number of carboxylic acid groups (broad SMARTS) is 3. The van der Waals surface area contributed by atoms with Gasteiger partial charge >= 0.3 is 17.9 Å². The van der Waals surface area contributed by atoms with Crippen molar-refractivity contribution in [2.75, 3.05) is 0 Å². The highest BCUT2D eigenvalue weighted by Crippen LogP contribution is 2.16. The zero-order valence-corrected chi connectivity index (χ0v) is 22.3. The maximum Gasteiger partial charge on any atom is 0.335 e. The van der Waals surface area contributed by atoms with Gasteiger partial charge in [-0.15, -0.1) is 6.58 Å². The van der Waals surface area contributed by atoms with Crippen molar-refractivity contribution in [1.29, 1.82) is 0 Å². The summed E-state index contributed by atoms with van der Waals surface area (Å²) in [5, 5.41) is 43.8. The third-order valence-electron chi connectivity index (χ3n) is 5.06. The van der Waals surface area contributed by atoms with E-state index in [9.17, 15) is 19.5 Å². The molecule has 0 saturated heterocycles. The van der Waals surface area contributed by atoms with Crippen molar-refractivity contribution in [3.63, 3.8) is 0 Å². The third kappa shape index (κ3) is 17.0. The fourth-order valence-corrected chi connectivity index (χ4v) is 3.07. The number of aliphatic hydroxyl groups excluding tert-OH is 2. The summed E-state index contributed by atoms with van der Waals surface area (Å²) in [5.41, 5.74) is 0.993. The van der Waals surface area contributed by atoms with Crippen LogP contribution in [0, 0.1) is 5.92 Å². The highest BCUT2D eigenvalue weighted by atomic mass is 16.4. The van der Waals surface area contributed by atoms with Crippen LogP contribution in [0.1, 0.15) is 64.2 Å². The fraction of sp³-hybridized carbons (Fsp3) is 0.258. The lowest BCUT2D eigenvalue weighted by Crippen LogP contribution is -2.23. The number of carbonyl (C=O) groups is 3. The van der Waals surface area contributed by atoms with Gasteiger partial charge in [0.1, 0.15) is 0 Å². The minimum absolute atomic E-state index is 0.129. The Labute approximate surface area is 229 Å². The van der Waals surface area contributed by atoms with Crippen LogP contribution in [0.3, 0.4) is 0 Å². The number of hydrogen-bond acceptors (Lipinski definition) is 5. The van der Waals surface area contributed by atoms with Crippen LogP contribution in [-0.2, 0) is 0 Å². The number of rotatable bonds is 9. The van der Waals surface area contributed by atoms with Crippen molar-refractivity contribution >= 4 is 17.9 Å². The molecule has 3 aromatic rings. The molecule has 3 rings (SSSR count). The first-order chi connectivity index (χ1) is 18.5. The van der Waals surface area contributed by atoms with E-state index in [1.807, 2.05) is 0 Å². The van der Waals surface area contributed by atoms with E-state index in [4.69, 9.17) is 20.4 Å². The normalized spacial score (nSPS) is 11.8. The molecule has 0 amide bonds. The average Bonchev–Trinajstić information content (AvgIpc) is 2.93. The quantitative estimate of drug-likeness (QED) is 0.212. The highest BCUT2D eigenvalue weighted by Gasteiger charge is 2.16. The van der Waals surface area contributed by atoms with E-state index in [0.717, 1.165) is 12.8 Å². The molecule has 0 heterocycles. The lowest BCUT2D eigenvalue weighted by Gasteiger charge is -2.19. The van der Waals surface area contributed by atoms with Crippen molar-refractivity contribution in [3.8, 4) is 0 Å². The predicted molar refractivity (Wildman–Crippen MR) is 151 cm³/mol. The molecule has 0 aliphatic carbocycles. The largest absolute Gasteiger partial charge is 0.478 e. The molecule has 3 unspecified atom stereocenters.